The molecule has 17 heteroatoms. The first-order valence-corrected chi connectivity index (χ1v) is 18.2. The minimum absolute atomic E-state index is 0.0197. The molecule has 7 rings (SSSR count). The van der Waals surface area contributed by atoms with E-state index in [4.69, 9.17) is 9.47 Å². The van der Waals surface area contributed by atoms with Gasteiger partial charge in [0.2, 0.25) is 11.8 Å². The van der Waals surface area contributed by atoms with Crippen LogP contribution in [0.5, 0.6) is 5.75 Å². The Balaban J connectivity index is 1.09. The van der Waals surface area contributed by atoms with Gasteiger partial charge >= 0.3 is 18.1 Å². The summed E-state index contributed by atoms with van der Waals surface area (Å²) in [6.45, 7) is 4.05. The van der Waals surface area contributed by atoms with Crippen LogP contribution in [0.4, 0.5) is 29.6 Å². The van der Waals surface area contributed by atoms with Gasteiger partial charge in [0, 0.05) is 48.6 Å². The molecule has 2 aromatic heterocycles. The van der Waals surface area contributed by atoms with Crippen molar-refractivity contribution in [3.63, 3.8) is 0 Å². The van der Waals surface area contributed by atoms with E-state index in [2.05, 4.69) is 41.5 Å². The number of ether oxygens (including phenoxy) is 2. The highest BCUT2D eigenvalue weighted by Gasteiger charge is 2.53. The highest BCUT2D eigenvalue weighted by molar-refractivity contribution is 5.95. The lowest BCUT2D eigenvalue weighted by molar-refractivity contribution is -0.137. The maximum absolute atomic E-state index is 15.5. The molecule has 3 amide bonds. The van der Waals surface area contributed by atoms with Gasteiger partial charge in [0.1, 0.15) is 59.0 Å². The van der Waals surface area contributed by atoms with Gasteiger partial charge in [-0.25, -0.2) is 37.9 Å². The largest absolute Gasteiger partial charge is 0.482 e. The zero-order chi connectivity index (χ0) is 40.5. The van der Waals surface area contributed by atoms with Gasteiger partial charge in [-0.1, -0.05) is 4.85 Å². The first-order valence-electron chi connectivity index (χ1n) is 18.2. The maximum atomic E-state index is 15.5. The average Bonchev–Trinajstić information content (AvgIpc) is 4.10. The molecule has 57 heavy (non-hydrogen) atoms. The highest BCUT2D eigenvalue weighted by Crippen LogP contribution is 2.38. The minimum atomic E-state index is -3.43. The molecule has 0 bridgehead atoms. The van der Waals surface area contributed by atoms with Gasteiger partial charge in [-0.3, -0.25) is 9.59 Å². The Bertz CT molecular complexity index is 2350. The molecular formula is C40H37F3N9O5+. The normalized spacial score (nSPS) is 19.6. The van der Waals surface area contributed by atoms with Gasteiger partial charge in [0.25, 0.3) is 6.04 Å². The molecule has 2 saturated carbocycles. The lowest BCUT2D eigenvalue weighted by Crippen LogP contribution is -2.56. The lowest BCUT2D eigenvalue weighted by Gasteiger charge is -2.38. The number of halogens is 3. The van der Waals surface area contributed by atoms with Crippen molar-refractivity contribution in [3.05, 3.63) is 83.0 Å². The SMILES string of the molecule is CC(C)(C)OC(=O)N1CC[C@H](Oc2ccc(-c3cc(NC(=O)C4CC4)ncn3)cc2C#[N+]C2CC2C(=O)Nc2cc(-c3ccc(F)c(C#N)c3)ncn2)C(F)(F)C1. The molecule has 1 aliphatic heterocycles. The molecule has 3 aliphatic rings. The molecule has 0 spiro atoms. The number of hydrogen-bond acceptors (Lipinski definition) is 10. The fraction of sp³-hybridized carbons (Fsp3) is 0.375. The molecule has 2 aromatic carbocycles. The van der Waals surface area contributed by atoms with E-state index >= 15 is 8.78 Å². The summed E-state index contributed by atoms with van der Waals surface area (Å²) in [5, 5.41) is 14.7. The number of hydrogen-bond donors (Lipinski definition) is 2. The molecule has 0 radical (unpaired) electrons. The van der Waals surface area contributed by atoms with Crippen molar-refractivity contribution >= 4 is 29.5 Å². The first kappa shape index (κ1) is 38.6. The number of aromatic nitrogens is 4. The second-order valence-corrected chi connectivity index (χ2v) is 15.1. The zero-order valence-corrected chi connectivity index (χ0v) is 31.1. The topological polar surface area (TPSA) is 177 Å². The van der Waals surface area contributed by atoms with E-state index in [9.17, 15) is 24.0 Å². The van der Waals surface area contributed by atoms with Crippen molar-refractivity contribution in [1.29, 1.82) is 5.26 Å². The number of nitriles is 1. The van der Waals surface area contributed by atoms with Crippen molar-refractivity contribution in [3.8, 4) is 40.4 Å². The van der Waals surface area contributed by atoms with Gasteiger partial charge in [-0.05, 0) is 70.0 Å². The van der Waals surface area contributed by atoms with Gasteiger partial charge in [0.05, 0.1) is 23.5 Å². The van der Waals surface area contributed by atoms with Crippen LogP contribution < -0.4 is 15.4 Å². The summed E-state index contributed by atoms with van der Waals surface area (Å²) in [5.74, 6) is -4.67. The lowest BCUT2D eigenvalue weighted by atomic mass is 10.0. The van der Waals surface area contributed by atoms with Crippen molar-refractivity contribution in [2.45, 2.75) is 70.1 Å². The number of benzene rings is 2. The Kier molecular flexibility index (Phi) is 10.5. The fourth-order valence-electron chi connectivity index (χ4n) is 6.07. The third kappa shape index (κ3) is 9.44. The smallest absolute Gasteiger partial charge is 0.410 e. The van der Waals surface area contributed by atoms with Crippen LogP contribution in [-0.2, 0) is 14.3 Å². The van der Waals surface area contributed by atoms with E-state index in [1.807, 2.05) is 0 Å². The van der Waals surface area contributed by atoms with Crippen LogP contribution in [-0.4, -0.2) is 79.5 Å². The predicted octanol–water partition coefficient (Wildman–Crippen LogP) is 6.69. The van der Waals surface area contributed by atoms with E-state index in [1.165, 1.54) is 36.9 Å². The highest BCUT2D eigenvalue weighted by atomic mass is 19.3. The number of alkyl halides is 2. The molecule has 14 nitrogen and oxygen atoms in total. The van der Waals surface area contributed by atoms with Crippen molar-refractivity contribution < 1.29 is 37.0 Å². The molecule has 4 aromatic rings. The monoisotopic (exact) mass is 780 g/mol. The average molecular weight is 781 g/mol. The fourth-order valence-corrected chi connectivity index (χ4v) is 6.07. The molecular weight excluding hydrogens is 743 g/mol. The number of piperidine rings is 1. The van der Waals surface area contributed by atoms with E-state index in [-0.39, 0.29) is 53.4 Å². The molecule has 292 valence electrons. The molecule has 3 heterocycles. The third-order valence-corrected chi connectivity index (χ3v) is 9.34. The quantitative estimate of drug-likeness (QED) is 0.196. The number of anilines is 2. The summed E-state index contributed by atoms with van der Waals surface area (Å²) in [7, 11) is 0. The van der Waals surface area contributed by atoms with Crippen molar-refractivity contribution in [1.82, 2.24) is 24.8 Å². The summed E-state index contributed by atoms with van der Waals surface area (Å²) >= 11 is 0. The summed E-state index contributed by atoms with van der Waals surface area (Å²) in [5.41, 5.74) is 0.994. The Labute approximate surface area is 325 Å². The Morgan fingerprint density at radius 2 is 1.53 bits per heavy atom. The molecule has 3 atom stereocenters. The number of likely N-dealkylation sites (tertiary alicyclic amines) is 1. The molecule has 2 N–H and O–H groups in total. The van der Waals surface area contributed by atoms with E-state index in [0.29, 0.717) is 34.8 Å². The Hall–Kier alpha value is -6.62. The predicted molar refractivity (Wildman–Crippen MR) is 200 cm³/mol. The molecule has 2 aliphatic carbocycles. The zero-order valence-electron chi connectivity index (χ0n) is 31.1. The second-order valence-electron chi connectivity index (χ2n) is 15.1. The number of rotatable bonds is 8. The number of nitrogens with one attached hydrogen (secondary N) is 2. The van der Waals surface area contributed by atoms with Gasteiger partial charge in [0.15, 0.2) is 6.10 Å². The molecule has 3 fully saturated rings. The van der Waals surface area contributed by atoms with Crippen molar-refractivity contribution in [2.75, 3.05) is 23.7 Å². The van der Waals surface area contributed by atoms with Crippen LogP contribution in [0, 0.1) is 35.1 Å². The van der Waals surface area contributed by atoms with Gasteiger partial charge in [-0.15, -0.1) is 0 Å². The first-order chi connectivity index (χ1) is 27.2. The summed E-state index contributed by atoms with van der Waals surface area (Å²) in [4.78, 5) is 60.3. The van der Waals surface area contributed by atoms with Gasteiger partial charge in [-0.2, -0.15) is 5.26 Å². The number of carbonyl (C=O) groups is 3. The molecule has 2 unspecified atom stereocenters. The van der Waals surface area contributed by atoms with E-state index in [1.54, 1.807) is 45.0 Å². The number of nitrogens with zero attached hydrogens (tertiary/aromatic N) is 7. The van der Waals surface area contributed by atoms with Crippen LogP contribution in [0.2, 0.25) is 0 Å². The Morgan fingerprint density at radius 1 is 0.895 bits per heavy atom. The van der Waals surface area contributed by atoms with Crippen LogP contribution in [0.15, 0.2) is 61.2 Å². The minimum Gasteiger partial charge on any atom is -0.482 e. The number of amides is 3. The summed E-state index contributed by atoms with van der Waals surface area (Å²) in [6, 6.07) is 16.0. The Morgan fingerprint density at radius 3 is 2.14 bits per heavy atom. The maximum Gasteiger partial charge on any atom is 0.410 e. The van der Waals surface area contributed by atoms with Crippen LogP contribution in [0.25, 0.3) is 27.4 Å². The second kappa shape index (κ2) is 15.5. The standard InChI is InChI=1S/C40H36F3N9O5/c1-39(2,3)57-38(55)52-11-10-33(40(42,43)19-52)56-32-9-7-24(30-15-34(48-20-47-30)50-36(53)22-4-5-22)13-26(32)18-45-31-14-27(31)37(54)51-35-16-29(46-21-49-35)23-6-8-28(41)25(12-23)17-44/h6-9,12-13,15-16,20-22,27,31,33H,4-5,10-11,14,19H2,1-3H3,(H-,46,47,48,49,50,51,53,54)/p+1/t27?,31?,33-/m0/s1. The van der Waals surface area contributed by atoms with Crippen molar-refractivity contribution in [2.24, 2.45) is 11.8 Å². The third-order valence-electron chi connectivity index (χ3n) is 9.34. The summed E-state index contributed by atoms with van der Waals surface area (Å²) in [6.07, 6.45) is 1.92. The van der Waals surface area contributed by atoms with Crippen LogP contribution in [0.1, 0.15) is 57.6 Å². The van der Waals surface area contributed by atoms with E-state index < -0.39 is 48.0 Å². The van der Waals surface area contributed by atoms with Crippen LogP contribution >= 0.6 is 0 Å². The summed E-state index contributed by atoms with van der Waals surface area (Å²) < 4.78 is 56.2. The number of carbonyl (C=O) groups excluding carboxylic acids is 3. The molecule has 1 saturated heterocycles. The van der Waals surface area contributed by atoms with Crippen LogP contribution in [0.3, 0.4) is 0 Å². The van der Waals surface area contributed by atoms with Gasteiger partial charge < -0.3 is 25.0 Å². The van der Waals surface area contributed by atoms with E-state index in [0.717, 1.165) is 23.8 Å².